The summed E-state index contributed by atoms with van der Waals surface area (Å²) >= 11 is 0. The molecule has 2 heterocycles. The van der Waals surface area contributed by atoms with E-state index in [-0.39, 0.29) is 36.6 Å². The van der Waals surface area contributed by atoms with Crippen LogP contribution in [0.4, 0.5) is 0 Å². The second kappa shape index (κ2) is 7.74. The highest BCUT2D eigenvalue weighted by molar-refractivity contribution is 5.91. The van der Waals surface area contributed by atoms with E-state index in [1.54, 1.807) is 24.1 Å². The number of ether oxygens (including phenoxy) is 2. The van der Waals surface area contributed by atoms with Crippen LogP contribution in [-0.4, -0.2) is 49.6 Å². The molecule has 25 heavy (non-hydrogen) atoms. The Morgan fingerprint density at radius 2 is 2.00 bits per heavy atom. The Kier molecular flexibility index (Phi) is 5.23. The van der Waals surface area contributed by atoms with Crippen molar-refractivity contribution in [2.24, 2.45) is 0 Å². The van der Waals surface area contributed by atoms with E-state index in [9.17, 15) is 9.59 Å². The predicted octanol–water partition coefficient (Wildman–Crippen LogP) is 1.70. The summed E-state index contributed by atoms with van der Waals surface area (Å²) in [5, 5.41) is 2.65. The number of carbonyl (C=O) groups excluding carboxylic acids is 2. The molecule has 0 radical (unpaired) electrons. The molecule has 1 aliphatic heterocycles. The van der Waals surface area contributed by atoms with E-state index in [4.69, 9.17) is 13.9 Å². The van der Waals surface area contributed by atoms with Gasteiger partial charge < -0.3 is 24.1 Å². The molecule has 0 saturated heterocycles. The van der Waals surface area contributed by atoms with Crippen molar-refractivity contribution in [2.75, 3.05) is 26.7 Å². The standard InChI is InChI=1S/C18H20N2O5/c1-20(11-13-12-24-14-5-2-3-6-15(14)25-13)17(21)8-9-19-18(22)16-7-4-10-23-16/h2-7,10,13H,8-9,11-12H2,1H3,(H,19,22). The van der Waals surface area contributed by atoms with Crippen LogP contribution in [0, 0.1) is 0 Å². The molecule has 2 amide bonds. The van der Waals surface area contributed by atoms with Crippen LogP contribution in [0.25, 0.3) is 0 Å². The zero-order valence-electron chi connectivity index (χ0n) is 13.9. The lowest BCUT2D eigenvalue weighted by Gasteiger charge is -2.29. The molecule has 1 aliphatic rings. The van der Waals surface area contributed by atoms with Crippen molar-refractivity contribution >= 4 is 11.8 Å². The van der Waals surface area contributed by atoms with Gasteiger partial charge in [-0.05, 0) is 24.3 Å². The number of fused-ring (bicyclic) bond motifs is 1. The van der Waals surface area contributed by atoms with Crippen molar-refractivity contribution in [3.8, 4) is 11.5 Å². The number of carbonyl (C=O) groups is 2. The normalized spacial score (nSPS) is 15.5. The second-order valence-corrected chi connectivity index (χ2v) is 5.76. The van der Waals surface area contributed by atoms with E-state index < -0.39 is 0 Å². The van der Waals surface area contributed by atoms with Crippen LogP contribution in [0.2, 0.25) is 0 Å². The van der Waals surface area contributed by atoms with Gasteiger partial charge in [-0.15, -0.1) is 0 Å². The van der Waals surface area contributed by atoms with E-state index in [1.807, 2.05) is 24.3 Å². The summed E-state index contributed by atoms with van der Waals surface area (Å²) in [5.41, 5.74) is 0. The molecule has 7 heteroatoms. The third-order valence-corrected chi connectivity index (χ3v) is 3.84. The largest absolute Gasteiger partial charge is 0.486 e. The maximum absolute atomic E-state index is 12.2. The van der Waals surface area contributed by atoms with Crippen LogP contribution in [0.3, 0.4) is 0 Å². The number of amides is 2. The summed E-state index contributed by atoms with van der Waals surface area (Å²) in [6, 6.07) is 10.7. The number of benzene rings is 1. The monoisotopic (exact) mass is 344 g/mol. The van der Waals surface area contributed by atoms with Crippen molar-refractivity contribution in [1.29, 1.82) is 0 Å². The smallest absolute Gasteiger partial charge is 0.286 e. The molecule has 0 aliphatic carbocycles. The number of rotatable bonds is 6. The highest BCUT2D eigenvalue weighted by atomic mass is 16.6. The molecule has 1 aromatic carbocycles. The van der Waals surface area contributed by atoms with Crippen molar-refractivity contribution in [3.05, 3.63) is 48.4 Å². The Bertz CT molecular complexity index is 729. The number of furan rings is 1. The zero-order valence-corrected chi connectivity index (χ0v) is 13.9. The first-order valence-electron chi connectivity index (χ1n) is 8.07. The third kappa shape index (κ3) is 4.32. The minimum Gasteiger partial charge on any atom is -0.486 e. The summed E-state index contributed by atoms with van der Waals surface area (Å²) in [7, 11) is 1.71. The van der Waals surface area contributed by atoms with Gasteiger partial charge in [0.1, 0.15) is 6.61 Å². The average Bonchev–Trinajstić information content (AvgIpc) is 3.16. The average molecular weight is 344 g/mol. The third-order valence-electron chi connectivity index (χ3n) is 3.84. The fraction of sp³-hybridized carbons (Fsp3) is 0.333. The second-order valence-electron chi connectivity index (χ2n) is 5.76. The lowest BCUT2D eigenvalue weighted by atomic mass is 10.2. The number of nitrogens with zero attached hydrogens (tertiary/aromatic N) is 1. The number of nitrogens with one attached hydrogen (secondary N) is 1. The lowest BCUT2D eigenvalue weighted by Crippen LogP contribution is -2.42. The van der Waals surface area contributed by atoms with Gasteiger partial charge in [0.05, 0.1) is 12.8 Å². The van der Waals surface area contributed by atoms with E-state index >= 15 is 0 Å². The van der Waals surface area contributed by atoms with Crippen LogP contribution in [0.15, 0.2) is 47.1 Å². The van der Waals surface area contributed by atoms with Crippen LogP contribution in [0.5, 0.6) is 11.5 Å². The number of para-hydroxylation sites is 2. The molecule has 1 aromatic heterocycles. The summed E-state index contributed by atoms with van der Waals surface area (Å²) in [5.74, 6) is 1.22. The zero-order chi connectivity index (χ0) is 17.6. The molecule has 0 bridgehead atoms. The first-order chi connectivity index (χ1) is 12.1. The summed E-state index contributed by atoms with van der Waals surface area (Å²) in [6.07, 6.45) is 1.41. The number of likely N-dealkylation sites (N-methyl/N-ethyl adjacent to an activating group) is 1. The summed E-state index contributed by atoms with van der Waals surface area (Å²) in [4.78, 5) is 25.5. The van der Waals surface area contributed by atoms with Crippen molar-refractivity contribution in [2.45, 2.75) is 12.5 Å². The van der Waals surface area contributed by atoms with E-state index in [1.165, 1.54) is 6.26 Å². The minimum absolute atomic E-state index is 0.0813. The number of hydrogen-bond donors (Lipinski definition) is 1. The van der Waals surface area contributed by atoms with Gasteiger partial charge >= 0.3 is 0 Å². The number of hydrogen-bond acceptors (Lipinski definition) is 5. The van der Waals surface area contributed by atoms with Crippen molar-refractivity contribution in [3.63, 3.8) is 0 Å². The van der Waals surface area contributed by atoms with E-state index in [2.05, 4.69) is 5.32 Å². The minimum atomic E-state index is -0.332. The van der Waals surface area contributed by atoms with Crippen molar-refractivity contribution < 1.29 is 23.5 Å². The first-order valence-corrected chi connectivity index (χ1v) is 8.07. The van der Waals surface area contributed by atoms with Gasteiger partial charge in [0.2, 0.25) is 5.91 Å². The molecule has 1 unspecified atom stereocenters. The van der Waals surface area contributed by atoms with E-state index in [0.717, 1.165) is 0 Å². The van der Waals surface area contributed by atoms with Gasteiger partial charge in [-0.25, -0.2) is 0 Å². The quantitative estimate of drug-likeness (QED) is 0.863. The molecule has 0 fully saturated rings. The Morgan fingerprint density at radius 1 is 1.20 bits per heavy atom. The fourth-order valence-corrected chi connectivity index (χ4v) is 2.53. The fourth-order valence-electron chi connectivity index (χ4n) is 2.53. The molecule has 3 rings (SSSR count). The van der Waals surface area contributed by atoms with Gasteiger partial charge in [-0.2, -0.15) is 0 Å². The summed E-state index contributed by atoms with van der Waals surface area (Å²) in [6.45, 7) is 1.05. The maximum atomic E-state index is 12.2. The predicted molar refractivity (Wildman–Crippen MR) is 89.6 cm³/mol. The van der Waals surface area contributed by atoms with Gasteiger partial charge in [0, 0.05) is 20.0 Å². The Hall–Kier alpha value is -2.96. The Morgan fingerprint density at radius 3 is 2.76 bits per heavy atom. The Balaban J connectivity index is 1.41. The molecule has 1 atom stereocenters. The van der Waals surface area contributed by atoms with Gasteiger partial charge in [-0.1, -0.05) is 12.1 Å². The van der Waals surface area contributed by atoms with Crippen LogP contribution < -0.4 is 14.8 Å². The lowest BCUT2D eigenvalue weighted by molar-refractivity contribution is -0.131. The maximum Gasteiger partial charge on any atom is 0.286 e. The van der Waals surface area contributed by atoms with Crippen LogP contribution in [-0.2, 0) is 4.79 Å². The van der Waals surface area contributed by atoms with Gasteiger partial charge in [0.25, 0.3) is 5.91 Å². The van der Waals surface area contributed by atoms with E-state index in [0.29, 0.717) is 24.7 Å². The molecule has 0 spiro atoms. The molecular formula is C18H20N2O5. The molecule has 132 valence electrons. The first kappa shape index (κ1) is 16.9. The van der Waals surface area contributed by atoms with Gasteiger partial charge in [0.15, 0.2) is 23.4 Å². The molecular weight excluding hydrogens is 324 g/mol. The highest BCUT2D eigenvalue weighted by Crippen LogP contribution is 2.30. The molecule has 1 N–H and O–H groups in total. The summed E-state index contributed by atoms with van der Waals surface area (Å²) < 4.78 is 16.5. The molecule has 2 aromatic rings. The molecule has 7 nitrogen and oxygen atoms in total. The highest BCUT2D eigenvalue weighted by Gasteiger charge is 2.23. The molecule has 0 saturated carbocycles. The Labute approximate surface area is 145 Å². The van der Waals surface area contributed by atoms with Crippen LogP contribution >= 0.6 is 0 Å². The topological polar surface area (TPSA) is 81.0 Å². The van der Waals surface area contributed by atoms with Gasteiger partial charge in [-0.3, -0.25) is 9.59 Å². The van der Waals surface area contributed by atoms with Crippen molar-refractivity contribution in [1.82, 2.24) is 10.2 Å². The SMILES string of the molecule is CN(CC1COc2ccccc2O1)C(=O)CCNC(=O)c1ccco1. The van der Waals surface area contributed by atoms with Crippen LogP contribution in [0.1, 0.15) is 17.0 Å².